The van der Waals surface area contributed by atoms with Gasteiger partial charge < -0.3 is 18.9 Å². The molecule has 2 aliphatic heterocycles. The fraction of sp³-hybridized carbons (Fsp3) is 0.0833. The quantitative estimate of drug-likeness (QED) is 0.377. The number of ether oxygens (including phenoxy) is 4. The molecule has 0 saturated heterocycles. The van der Waals surface area contributed by atoms with E-state index in [4.69, 9.17) is 18.9 Å². The molecule has 3 aromatic carbocycles. The van der Waals surface area contributed by atoms with Gasteiger partial charge in [0.25, 0.3) is 0 Å². The molecular weight excluding hydrogens is 464 g/mol. The van der Waals surface area contributed by atoms with Crippen LogP contribution < -0.4 is 18.9 Å². The summed E-state index contributed by atoms with van der Waals surface area (Å²) in [5, 5.41) is 0. The SMILES string of the molecule is O=C(COc1ccc2c(c1)O/C(=C\c1ccc3c(c1)OCO3)C2=O)c1ccc(Br)cc1. The minimum Gasteiger partial charge on any atom is -0.485 e. The molecule has 31 heavy (non-hydrogen) atoms. The number of hydrogen-bond donors (Lipinski definition) is 0. The number of fused-ring (bicyclic) bond motifs is 2. The number of carbonyl (C=O) groups is 2. The van der Waals surface area contributed by atoms with Gasteiger partial charge in [-0.3, -0.25) is 9.59 Å². The van der Waals surface area contributed by atoms with E-state index in [1.54, 1.807) is 60.7 Å². The summed E-state index contributed by atoms with van der Waals surface area (Å²) in [6.45, 7) is 0.0671. The first-order chi connectivity index (χ1) is 15.1. The lowest BCUT2D eigenvalue weighted by Gasteiger charge is -2.07. The Balaban J connectivity index is 1.29. The van der Waals surface area contributed by atoms with Crippen LogP contribution >= 0.6 is 15.9 Å². The molecule has 0 atom stereocenters. The van der Waals surface area contributed by atoms with E-state index < -0.39 is 0 Å². The van der Waals surface area contributed by atoms with Crippen molar-refractivity contribution in [2.24, 2.45) is 0 Å². The fourth-order valence-corrected chi connectivity index (χ4v) is 3.54. The van der Waals surface area contributed by atoms with Crippen LogP contribution in [0.2, 0.25) is 0 Å². The van der Waals surface area contributed by atoms with E-state index in [0.29, 0.717) is 34.1 Å². The maximum Gasteiger partial charge on any atom is 0.231 e. The summed E-state index contributed by atoms with van der Waals surface area (Å²) in [4.78, 5) is 25.0. The number of ketones is 2. The molecule has 2 heterocycles. The fourth-order valence-electron chi connectivity index (χ4n) is 3.28. The molecule has 154 valence electrons. The highest BCUT2D eigenvalue weighted by Crippen LogP contribution is 2.37. The van der Waals surface area contributed by atoms with Gasteiger partial charge in [0.1, 0.15) is 11.5 Å². The van der Waals surface area contributed by atoms with Crippen molar-refractivity contribution < 1.29 is 28.5 Å². The lowest BCUT2D eigenvalue weighted by molar-refractivity contribution is 0.0921. The zero-order valence-corrected chi connectivity index (χ0v) is 17.7. The van der Waals surface area contributed by atoms with Crippen molar-refractivity contribution in [3.63, 3.8) is 0 Å². The summed E-state index contributed by atoms with van der Waals surface area (Å²) < 4.78 is 22.9. The van der Waals surface area contributed by atoms with Crippen LogP contribution in [0, 0.1) is 0 Å². The van der Waals surface area contributed by atoms with Gasteiger partial charge in [0, 0.05) is 16.1 Å². The molecule has 0 unspecified atom stereocenters. The molecular formula is C24H15BrO6. The van der Waals surface area contributed by atoms with Gasteiger partial charge in [0.2, 0.25) is 12.6 Å². The second kappa shape index (κ2) is 7.92. The summed E-state index contributed by atoms with van der Waals surface area (Å²) in [7, 11) is 0. The number of hydrogen-bond acceptors (Lipinski definition) is 6. The average molecular weight is 479 g/mol. The predicted octanol–water partition coefficient (Wildman–Crippen LogP) is 5.06. The Morgan fingerprint density at radius 1 is 0.968 bits per heavy atom. The standard InChI is InChI=1S/C24H15BrO6/c25-16-4-2-15(3-5-16)19(26)12-28-17-6-7-18-21(11-17)31-23(24(18)27)10-14-1-8-20-22(9-14)30-13-29-20/h1-11H,12-13H2/b23-10-. The van der Waals surface area contributed by atoms with E-state index in [1.165, 1.54) is 0 Å². The Kier molecular flexibility index (Phi) is 4.95. The zero-order chi connectivity index (χ0) is 21.4. The van der Waals surface area contributed by atoms with Crippen LogP contribution in [0.15, 0.2) is 70.9 Å². The molecule has 5 rings (SSSR count). The van der Waals surface area contributed by atoms with Gasteiger partial charge in [-0.25, -0.2) is 0 Å². The van der Waals surface area contributed by atoms with Crippen molar-refractivity contribution >= 4 is 33.6 Å². The van der Waals surface area contributed by atoms with E-state index >= 15 is 0 Å². The maximum absolute atomic E-state index is 12.7. The minimum absolute atomic E-state index is 0.117. The van der Waals surface area contributed by atoms with Gasteiger partial charge in [-0.2, -0.15) is 0 Å². The zero-order valence-electron chi connectivity index (χ0n) is 16.1. The smallest absolute Gasteiger partial charge is 0.231 e. The van der Waals surface area contributed by atoms with E-state index in [-0.39, 0.29) is 30.7 Å². The number of allylic oxidation sites excluding steroid dienone is 1. The highest BCUT2D eigenvalue weighted by Gasteiger charge is 2.28. The third kappa shape index (κ3) is 3.92. The van der Waals surface area contributed by atoms with E-state index in [0.717, 1.165) is 10.0 Å². The Hall–Kier alpha value is -3.58. The maximum atomic E-state index is 12.7. The van der Waals surface area contributed by atoms with Crippen LogP contribution in [0.1, 0.15) is 26.3 Å². The third-order valence-electron chi connectivity index (χ3n) is 4.87. The number of benzene rings is 3. The van der Waals surface area contributed by atoms with Crippen molar-refractivity contribution in [1.29, 1.82) is 0 Å². The molecule has 0 radical (unpaired) electrons. The number of rotatable bonds is 5. The summed E-state index contributed by atoms with van der Waals surface area (Å²) >= 11 is 3.34. The van der Waals surface area contributed by atoms with E-state index in [2.05, 4.69) is 15.9 Å². The Labute approximate surface area is 186 Å². The van der Waals surface area contributed by atoms with Gasteiger partial charge >= 0.3 is 0 Å². The summed E-state index contributed by atoms with van der Waals surface area (Å²) in [5.41, 5.74) is 1.76. The molecule has 6 nitrogen and oxygen atoms in total. The van der Waals surface area contributed by atoms with Gasteiger partial charge in [-0.05, 0) is 48.0 Å². The van der Waals surface area contributed by atoms with Crippen molar-refractivity contribution in [3.8, 4) is 23.0 Å². The number of halogens is 1. The Morgan fingerprint density at radius 3 is 2.61 bits per heavy atom. The number of Topliss-reactive ketones (excluding diaryl/α,β-unsaturated/α-hetero) is 2. The first kappa shape index (κ1) is 19.4. The average Bonchev–Trinajstić information content (AvgIpc) is 3.36. The van der Waals surface area contributed by atoms with Crippen molar-refractivity contribution in [2.45, 2.75) is 0 Å². The Bertz CT molecular complexity index is 1230. The van der Waals surface area contributed by atoms with Crippen molar-refractivity contribution in [2.75, 3.05) is 13.4 Å². The minimum atomic E-state index is -0.217. The second-order valence-corrected chi connectivity index (χ2v) is 7.84. The molecule has 0 bridgehead atoms. The molecule has 0 N–H and O–H groups in total. The molecule has 0 saturated carbocycles. The van der Waals surface area contributed by atoms with Crippen LogP contribution in [0.4, 0.5) is 0 Å². The van der Waals surface area contributed by atoms with Crippen LogP contribution in [-0.4, -0.2) is 25.0 Å². The van der Waals surface area contributed by atoms with E-state index in [1.807, 2.05) is 6.07 Å². The molecule has 2 aliphatic rings. The summed E-state index contributed by atoms with van der Waals surface area (Å²) in [5.74, 6) is 1.98. The highest BCUT2D eigenvalue weighted by molar-refractivity contribution is 9.10. The molecule has 3 aromatic rings. The molecule has 0 aliphatic carbocycles. The third-order valence-corrected chi connectivity index (χ3v) is 5.40. The molecule has 0 amide bonds. The second-order valence-electron chi connectivity index (χ2n) is 6.93. The predicted molar refractivity (Wildman–Crippen MR) is 116 cm³/mol. The topological polar surface area (TPSA) is 71.1 Å². The first-order valence-electron chi connectivity index (χ1n) is 9.46. The first-order valence-corrected chi connectivity index (χ1v) is 10.3. The Morgan fingerprint density at radius 2 is 1.77 bits per heavy atom. The van der Waals surface area contributed by atoms with Gasteiger partial charge in [0.15, 0.2) is 29.6 Å². The largest absolute Gasteiger partial charge is 0.485 e. The molecule has 0 fully saturated rings. The van der Waals surface area contributed by atoms with Crippen LogP contribution in [0.25, 0.3) is 6.08 Å². The normalized spacial score (nSPS) is 15.0. The molecule has 0 aromatic heterocycles. The summed E-state index contributed by atoms with van der Waals surface area (Å²) in [6.07, 6.45) is 1.65. The monoisotopic (exact) mass is 478 g/mol. The lowest BCUT2D eigenvalue weighted by Crippen LogP contribution is -2.11. The van der Waals surface area contributed by atoms with Crippen LogP contribution in [-0.2, 0) is 0 Å². The summed E-state index contributed by atoms with van der Waals surface area (Å²) in [6, 6.07) is 17.4. The van der Waals surface area contributed by atoms with Gasteiger partial charge in [-0.15, -0.1) is 0 Å². The van der Waals surface area contributed by atoms with Crippen molar-refractivity contribution in [3.05, 3.63) is 87.6 Å². The molecule has 7 heteroatoms. The van der Waals surface area contributed by atoms with Gasteiger partial charge in [-0.1, -0.05) is 34.1 Å². The number of carbonyl (C=O) groups excluding carboxylic acids is 2. The van der Waals surface area contributed by atoms with Crippen LogP contribution in [0.3, 0.4) is 0 Å². The molecule has 0 spiro atoms. The van der Waals surface area contributed by atoms with E-state index in [9.17, 15) is 9.59 Å². The van der Waals surface area contributed by atoms with Gasteiger partial charge in [0.05, 0.1) is 5.56 Å². The van der Waals surface area contributed by atoms with Crippen LogP contribution in [0.5, 0.6) is 23.0 Å². The lowest BCUT2D eigenvalue weighted by atomic mass is 10.1. The van der Waals surface area contributed by atoms with Crippen molar-refractivity contribution in [1.82, 2.24) is 0 Å². The highest BCUT2D eigenvalue weighted by atomic mass is 79.9.